The number of hydrogen-bond acceptors (Lipinski definition) is 4. The average molecular weight is 374 g/mol. The lowest BCUT2D eigenvalue weighted by Crippen LogP contribution is -2.40. The van der Waals surface area contributed by atoms with Gasteiger partial charge >= 0.3 is 0 Å². The third-order valence-corrected chi connectivity index (χ3v) is 5.69. The average Bonchev–Trinajstić information content (AvgIpc) is 3.15. The zero-order chi connectivity index (χ0) is 19.3. The molecule has 2 aliphatic rings. The highest BCUT2D eigenvalue weighted by Crippen LogP contribution is 2.44. The molecule has 0 unspecified atom stereocenters. The molecule has 0 saturated heterocycles. The lowest BCUT2D eigenvalue weighted by molar-refractivity contribution is -0.123. The Balaban J connectivity index is 1.62. The molecular weight excluding hydrogens is 355 g/mol. The van der Waals surface area contributed by atoms with Crippen molar-refractivity contribution < 1.29 is 9.18 Å². The van der Waals surface area contributed by atoms with Crippen molar-refractivity contribution in [3.8, 4) is 0 Å². The summed E-state index contributed by atoms with van der Waals surface area (Å²) >= 11 is 0. The summed E-state index contributed by atoms with van der Waals surface area (Å²) in [5.41, 5.74) is 4.02. The van der Waals surface area contributed by atoms with Crippen molar-refractivity contribution in [1.82, 2.24) is 14.8 Å². The highest BCUT2D eigenvalue weighted by molar-refractivity contribution is 5.88. The predicted molar refractivity (Wildman–Crippen MR) is 103 cm³/mol. The number of halogens is 1. The second-order valence-corrected chi connectivity index (χ2v) is 7.38. The Kier molecular flexibility index (Phi) is 3.86. The summed E-state index contributed by atoms with van der Waals surface area (Å²) < 4.78 is 15.2. The minimum Gasteiger partial charge on any atom is -0.328 e. The van der Waals surface area contributed by atoms with Gasteiger partial charge in [-0.1, -0.05) is 42.5 Å². The van der Waals surface area contributed by atoms with Crippen LogP contribution >= 0.6 is 0 Å². The lowest BCUT2D eigenvalue weighted by Gasteiger charge is -2.38. The molecular formula is C22H19FN4O. The largest absolute Gasteiger partial charge is 0.328 e. The normalized spacial score (nSPS) is 23.4. The van der Waals surface area contributed by atoms with Gasteiger partial charge in [-0.25, -0.2) is 9.07 Å². The number of aromatic nitrogens is 3. The Morgan fingerprint density at radius 1 is 1.14 bits per heavy atom. The van der Waals surface area contributed by atoms with E-state index in [-0.39, 0.29) is 29.5 Å². The van der Waals surface area contributed by atoms with Crippen LogP contribution in [0.1, 0.15) is 35.1 Å². The van der Waals surface area contributed by atoms with Gasteiger partial charge in [0, 0.05) is 18.0 Å². The first-order chi connectivity index (χ1) is 13.6. The number of nitrogens with one attached hydrogen (secondary N) is 1. The molecule has 5 rings (SSSR count). The molecule has 1 aromatic heterocycles. The van der Waals surface area contributed by atoms with Crippen LogP contribution in [0.2, 0.25) is 0 Å². The first-order valence-corrected chi connectivity index (χ1v) is 9.34. The highest BCUT2D eigenvalue weighted by Gasteiger charge is 2.43. The molecule has 140 valence electrons. The SMILES string of the molecule is Cc1ccccc1[C@@H]1C=C2Nc3ncnn3[C@H](c3ccc(F)cc3)[C@H]2C(=O)C1. The number of fused-ring (bicyclic) bond motifs is 2. The molecule has 2 aromatic carbocycles. The van der Waals surface area contributed by atoms with Gasteiger partial charge in [-0.15, -0.1) is 0 Å². The van der Waals surface area contributed by atoms with Crippen LogP contribution in [-0.2, 0) is 4.79 Å². The zero-order valence-electron chi connectivity index (χ0n) is 15.3. The van der Waals surface area contributed by atoms with Gasteiger partial charge in [0.1, 0.15) is 17.9 Å². The molecule has 0 spiro atoms. The van der Waals surface area contributed by atoms with E-state index in [0.717, 1.165) is 16.8 Å². The van der Waals surface area contributed by atoms with Gasteiger partial charge < -0.3 is 5.32 Å². The minimum atomic E-state index is -0.389. The fraction of sp³-hybridized carbons (Fsp3) is 0.227. The van der Waals surface area contributed by atoms with Crippen molar-refractivity contribution in [2.45, 2.75) is 25.3 Å². The van der Waals surface area contributed by atoms with Gasteiger partial charge in [0.25, 0.3) is 0 Å². The molecule has 3 aromatic rings. The predicted octanol–water partition coefficient (Wildman–Crippen LogP) is 4.00. The molecule has 28 heavy (non-hydrogen) atoms. The lowest BCUT2D eigenvalue weighted by atomic mass is 9.75. The summed E-state index contributed by atoms with van der Waals surface area (Å²) in [5.74, 6) is 0.0707. The van der Waals surface area contributed by atoms with Crippen LogP contribution < -0.4 is 5.32 Å². The first-order valence-electron chi connectivity index (χ1n) is 9.34. The molecule has 0 saturated carbocycles. The van der Waals surface area contributed by atoms with E-state index in [1.807, 2.05) is 12.1 Å². The summed E-state index contributed by atoms with van der Waals surface area (Å²) in [7, 11) is 0. The van der Waals surface area contributed by atoms with Crippen molar-refractivity contribution >= 4 is 11.7 Å². The van der Waals surface area contributed by atoms with Gasteiger partial charge in [-0.2, -0.15) is 10.1 Å². The number of benzene rings is 2. The highest BCUT2D eigenvalue weighted by atomic mass is 19.1. The maximum absolute atomic E-state index is 13.5. The third kappa shape index (κ3) is 2.64. The van der Waals surface area contributed by atoms with E-state index in [0.29, 0.717) is 12.4 Å². The molecule has 5 nitrogen and oxygen atoms in total. The van der Waals surface area contributed by atoms with Crippen molar-refractivity contribution in [2.24, 2.45) is 5.92 Å². The van der Waals surface area contributed by atoms with E-state index in [1.54, 1.807) is 16.8 Å². The molecule has 0 radical (unpaired) electrons. The van der Waals surface area contributed by atoms with Gasteiger partial charge in [-0.05, 0) is 35.7 Å². The van der Waals surface area contributed by atoms with Gasteiger partial charge in [0.2, 0.25) is 5.95 Å². The van der Waals surface area contributed by atoms with Crippen LogP contribution in [0.15, 0.2) is 66.6 Å². The first kappa shape index (κ1) is 16.9. The maximum Gasteiger partial charge on any atom is 0.226 e. The quantitative estimate of drug-likeness (QED) is 0.737. The molecule has 3 atom stereocenters. The summed E-state index contributed by atoms with van der Waals surface area (Å²) in [5, 5.41) is 7.62. The minimum absolute atomic E-state index is 0.0239. The van der Waals surface area contributed by atoms with E-state index in [1.165, 1.54) is 24.0 Å². The number of hydrogen-bond donors (Lipinski definition) is 1. The van der Waals surface area contributed by atoms with Gasteiger partial charge in [-0.3, -0.25) is 4.79 Å². The van der Waals surface area contributed by atoms with Crippen molar-refractivity contribution in [3.05, 3.63) is 89.1 Å². The molecule has 6 heteroatoms. The Morgan fingerprint density at radius 3 is 2.71 bits per heavy atom. The Morgan fingerprint density at radius 2 is 1.93 bits per heavy atom. The standard InChI is InChI=1S/C22H19FN4O/c1-13-4-2-3-5-17(13)15-10-18-20(19(28)11-15)21(14-6-8-16(23)9-7-14)27-22(26-18)24-12-25-27/h2-10,12,15,20-21H,11H2,1H3,(H,24,25,26)/t15-,20-,21-/m1/s1. The number of aryl methyl sites for hydroxylation is 1. The molecule has 1 N–H and O–H groups in total. The Labute approximate surface area is 161 Å². The molecule has 0 bridgehead atoms. The maximum atomic E-state index is 13.5. The van der Waals surface area contributed by atoms with Gasteiger partial charge in [0.05, 0.1) is 12.0 Å². The van der Waals surface area contributed by atoms with E-state index < -0.39 is 0 Å². The van der Waals surface area contributed by atoms with E-state index in [4.69, 9.17) is 0 Å². The summed E-state index contributed by atoms with van der Waals surface area (Å²) in [4.78, 5) is 17.6. The second kappa shape index (κ2) is 6.41. The molecule has 2 heterocycles. The van der Waals surface area contributed by atoms with Crippen LogP contribution in [0.3, 0.4) is 0 Å². The van der Waals surface area contributed by atoms with E-state index in [2.05, 4.69) is 40.5 Å². The van der Waals surface area contributed by atoms with Crippen LogP contribution in [0.25, 0.3) is 0 Å². The summed E-state index contributed by atoms with van der Waals surface area (Å²) in [6.45, 7) is 2.07. The number of rotatable bonds is 2. The fourth-order valence-electron chi connectivity index (χ4n) is 4.37. The van der Waals surface area contributed by atoms with Crippen LogP contribution in [0.4, 0.5) is 10.3 Å². The van der Waals surface area contributed by atoms with Crippen molar-refractivity contribution in [1.29, 1.82) is 0 Å². The van der Waals surface area contributed by atoms with Crippen LogP contribution in [0, 0.1) is 18.7 Å². The number of carbonyl (C=O) groups is 1. The zero-order valence-corrected chi connectivity index (χ0v) is 15.3. The number of anilines is 1. The number of carbonyl (C=O) groups excluding carboxylic acids is 1. The number of Topliss-reactive ketones (excluding diaryl/α,β-unsaturated/α-hetero) is 1. The topological polar surface area (TPSA) is 59.8 Å². The summed E-state index contributed by atoms with van der Waals surface area (Å²) in [6, 6.07) is 14.1. The second-order valence-electron chi connectivity index (χ2n) is 7.38. The van der Waals surface area contributed by atoms with Crippen molar-refractivity contribution in [3.63, 3.8) is 0 Å². The third-order valence-electron chi connectivity index (χ3n) is 5.69. The molecule has 1 aliphatic heterocycles. The Hall–Kier alpha value is -3.28. The smallest absolute Gasteiger partial charge is 0.226 e. The monoisotopic (exact) mass is 374 g/mol. The number of allylic oxidation sites excluding steroid dienone is 2. The Bertz CT molecular complexity index is 1090. The van der Waals surface area contributed by atoms with E-state index >= 15 is 0 Å². The van der Waals surface area contributed by atoms with Crippen molar-refractivity contribution in [2.75, 3.05) is 5.32 Å². The van der Waals surface area contributed by atoms with Gasteiger partial charge in [0.15, 0.2) is 0 Å². The number of nitrogens with zero attached hydrogens (tertiary/aromatic N) is 3. The van der Waals surface area contributed by atoms with E-state index in [9.17, 15) is 9.18 Å². The van der Waals surface area contributed by atoms with Crippen LogP contribution in [0.5, 0.6) is 0 Å². The molecule has 0 fully saturated rings. The van der Waals surface area contributed by atoms with Crippen LogP contribution in [-0.4, -0.2) is 20.5 Å². The number of ketones is 1. The fourth-order valence-corrected chi connectivity index (χ4v) is 4.37. The summed E-state index contributed by atoms with van der Waals surface area (Å²) in [6.07, 6.45) is 4.05. The molecule has 0 amide bonds. The molecule has 1 aliphatic carbocycles.